The number of fused-ring (bicyclic) bond motifs is 1. The van der Waals surface area contributed by atoms with Crippen molar-refractivity contribution in [2.75, 3.05) is 57.4 Å². The van der Waals surface area contributed by atoms with Gasteiger partial charge in [0, 0.05) is 56.4 Å². The normalized spacial score (nSPS) is 19.0. The van der Waals surface area contributed by atoms with Gasteiger partial charge in [0.25, 0.3) is 5.91 Å². The van der Waals surface area contributed by atoms with Gasteiger partial charge in [-0.25, -0.2) is 0 Å². The largest absolute Gasteiger partial charge is 0.379 e. The van der Waals surface area contributed by atoms with Crippen molar-refractivity contribution in [2.24, 2.45) is 5.92 Å². The van der Waals surface area contributed by atoms with Crippen LogP contribution in [0.4, 0.5) is 5.69 Å². The van der Waals surface area contributed by atoms with Crippen molar-refractivity contribution in [1.82, 2.24) is 15.5 Å². The molecule has 0 bridgehead atoms. The van der Waals surface area contributed by atoms with Crippen molar-refractivity contribution < 1.29 is 14.3 Å². The summed E-state index contributed by atoms with van der Waals surface area (Å²) in [6, 6.07) is 5.77. The molecule has 3 rings (SSSR count). The standard InChI is InChI=1S/C25H40N4O3/c1-20(2)25(31)29-12-7-5-3-4-6-10-26-19-22-18-21(8-9-23(22)29)24(30)27-11-13-28-14-16-32-17-15-28/h8-9,18,20,26H,3-7,10-17,19H2,1-2H3,(H,27,30). The van der Waals surface area contributed by atoms with E-state index < -0.39 is 0 Å². The first-order chi connectivity index (χ1) is 15.6. The van der Waals surface area contributed by atoms with E-state index in [4.69, 9.17) is 4.74 Å². The minimum absolute atomic E-state index is 0.0612. The minimum atomic E-state index is -0.0631. The zero-order chi connectivity index (χ0) is 22.8. The average Bonchev–Trinajstić information content (AvgIpc) is 2.79. The Morgan fingerprint density at radius 2 is 1.81 bits per heavy atom. The van der Waals surface area contributed by atoms with Crippen LogP contribution in [0.3, 0.4) is 0 Å². The molecule has 0 atom stereocenters. The lowest BCUT2D eigenvalue weighted by Gasteiger charge is -2.28. The van der Waals surface area contributed by atoms with Gasteiger partial charge < -0.3 is 20.3 Å². The molecule has 1 fully saturated rings. The Labute approximate surface area is 192 Å². The SMILES string of the molecule is CC(C)C(=O)N1CCCCCCCNCc2cc(C(=O)NCCN3CCOCC3)ccc21. The number of amides is 2. The second kappa shape index (κ2) is 12.9. The molecule has 0 unspecified atom stereocenters. The highest BCUT2D eigenvalue weighted by molar-refractivity contribution is 5.98. The third kappa shape index (κ3) is 7.29. The number of anilines is 1. The first-order valence-electron chi connectivity index (χ1n) is 12.3. The summed E-state index contributed by atoms with van der Waals surface area (Å²) in [6.45, 7) is 11.0. The van der Waals surface area contributed by atoms with Crippen LogP contribution in [0.15, 0.2) is 18.2 Å². The summed E-state index contributed by atoms with van der Waals surface area (Å²) in [4.78, 5) is 30.1. The zero-order valence-corrected chi connectivity index (χ0v) is 19.8. The molecule has 7 heteroatoms. The number of carbonyl (C=O) groups excluding carboxylic acids is 2. The van der Waals surface area contributed by atoms with Gasteiger partial charge in [-0.15, -0.1) is 0 Å². The van der Waals surface area contributed by atoms with Gasteiger partial charge in [0.05, 0.1) is 13.2 Å². The summed E-state index contributed by atoms with van der Waals surface area (Å²) in [5.74, 6) is 0.0202. The van der Waals surface area contributed by atoms with Crippen molar-refractivity contribution in [1.29, 1.82) is 0 Å². The van der Waals surface area contributed by atoms with Gasteiger partial charge in [0.15, 0.2) is 0 Å². The van der Waals surface area contributed by atoms with Gasteiger partial charge in [-0.05, 0) is 43.1 Å². The molecule has 0 aliphatic carbocycles. The summed E-state index contributed by atoms with van der Waals surface area (Å²) >= 11 is 0. The predicted octanol–water partition coefficient (Wildman–Crippen LogP) is 2.79. The fourth-order valence-electron chi connectivity index (χ4n) is 4.32. The molecule has 0 spiro atoms. The topological polar surface area (TPSA) is 73.9 Å². The number of benzene rings is 1. The van der Waals surface area contributed by atoms with Crippen LogP contribution in [-0.4, -0.2) is 69.2 Å². The highest BCUT2D eigenvalue weighted by Gasteiger charge is 2.22. The van der Waals surface area contributed by atoms with Crippen LogP contribution in [0, 0.1) is 5.92 Å². The van der Waals surface area contributed by atoms with Gasteiger partial charge >= 0.3 is 0 Å². The Morgan fingerprint density at radius 1 is 1.06 bits per heavy atom. The van der Waals surface area contributed by atoms with E-state index in [9.17, 15) is 9.59 Å². The molecular weight excluding hydrogens is 404 g/mol. The third-order valence-corrected chi connectivity index (χ3v) is 6.26. The first-order valence-corrected chi connectivity index (χ1v) is 12.3. The van der Waals surface area contributed by atoms with Crippen LogP contribution in [0.25, 0.3) is 0 Å². The molecular formula is C25H40N4O3. The Hall–Kier alpha value is -1.96. The Kier molecular flexibility index (Phi) is 9.96. The second-order valence-corrected chi connectivity index (χ2v) is 9.14. The summed E-state index contributed by atoms with van der Waals surface area (Å²) < 4.78 is 5.38. The van der Waals surface area contributed by atoms with Crippen LogP contribution in [0.5, 0.6) is 0 Å². The molecule has 32 heavy (non-hydrogen) atoms. The van der Waals surface area contributed by atoms with E-state index >= 15 is 0 Å². The summed E-state index contributed by atoms with van der Waals surface area (Å²) in [7, 11) is 0. The smallest absolute Gasteiger partial charge is 0.251 e. The summed E-state index contributed by atoms with van der Waals surface area (Å²) in [5.41, 5.74) is 2.60. The lowest BCUT2D eigenvalue weighted by molar-refractivity contribution is -0.121. The molecule has 1 saturated heterocycles. The third-order valence-electron chi connectivity index (χ3n) is 6.26. The van der Waals surface area contributed by atoms with Crippen molar-refractivity contribution in [2.45, 2.75) is 52.5 Å². The Morgan fingerprint density at radius 3 is 2.59 bits per heavy atom. The predicted molar refractivity (Wildman–Crippen MR) is 128 cm³/mol. The van der Waals surface area contributed by atoms with E-state index in [0.29, 0.717) is 18.7 Å². The lowest BCUT2D eigenvalue weighted by Crippen LogP contribution is -2.41. The van der Waals surface area contributed by atoms with Gasteiger partial charge in [-0.1, -0.05) is 33.1 Å². The van der Waals surface area contributed by atoms with Crippen LogP contribution in [0.1, 0.15) is 61.9 Å². The number of hydrogen-bond donors (Lipinski definition) is 2. The number of hydrogen-bond acceptors (Lipinski definition) is 5. The highest BCUT2D eigenvalue weighted by atomic mass is 16.5. The summed E-state index contributed by atoms with van der Waals surface area (Å²) in [6.07, 6.45) is 5.73. The Balaban J connectivity index is 1.72. The average molecular weight is 445 g/mol. The van der Waals surface area contributed by atoms with Crippen LogP contribution >= 0.6 is 0 Å². The van der Waals surface area contributed by atoms with E-state index in [-0.39, 0.29) is 17.7 Å². The van der Waals surface area contributed by atoms with Crippen molar-refractivity contribution >= 4 is 17.5 Å². The molecule has 2 aliphatic heterocycles. The van der Waals surface area contributed by atoms with E-state index in [0.717, 1.165) is 76.5 Å². The summed E-state index contributed by atoms with van der Waals surface area (Å²) in [5, 5.41) is 6.56. The monoisotopic (exact) mass is 444 g/mol. The van der Waals surface area contributed by atoms with Gasteiger partial charge in [-0.2, -0.15) is 0 Å². The van der Waals surface area contributed by atoms with Crippen molar-refractivity contribution in [3.8, 4) is 0 Å². The molecule has 2 aliphatic rings. The van der Waals surface area contributed by atoms with Crippen molar-refractivity contribution in [3.63, 3.8) is 0 Å². The number of rotatable bonds is 5. The fourth-order valence-corrected chi connectivity index (χ4v) is 4.32. The van der Waals surface area contributed by atoms with Crippen LogP contribution in [-0.2, 0) is 16.1 Å². The van der Waals surface area contributed by atoms with E-state index in [1.54, 1.807) is 0 Å². The number of nitrogens with one attached hydrogen (secondary N) is 2. The van der Waals surface area contributed by atoms with E-state index in [1.165, 1.54) is 12.8 Å². The molecule has 0 aromatic heterocycles. The van der Waals surface area contributed by atoms with E-state index in [2.05, 4.69) is 15.5 Å². The van der Waals surface area contributed by atoms with Crippen LogP contribution in [0.2, 0.25) is 0 Å². The van der Waals surface area contributed by atoms with Gasteiger partial charge in [0.1, 0.15) is 0 Å². The molecule has 178 valence electrons. The minimum Gasteiger partial charge on any atom is -0.379 e. The molecule has 0 radical (unpaired) electrons. The molecule has 0 saturated carbocycles. The van der Waals surface area contributed by atoms with E-state index in [1.807, 2.05) is 36.9 Å². The first kappa shape index (κ1) is 24.7. The maximum Gasteiger partial charge on any atom is 0.251 e. The quantitative estimate of drug-likeness (QED) is 0.731. The number of morpholine rings is 1. The van der Waals surface area contributed by atoms with Crippen molar-refractivity contribution in [3.05, 3.63) is 29.3 Å². The Bertz CT molecular complexity index is 747. The second-order valence-electron chi connectivity index (χ2n) is 9.14. The highest BCUT2D eigenvalue weighted by Crippen LogP contribution is 2.25. The number of carbonyl (C=O) groups is 2. The molecule has 2 heterocycles. The zero-order valence-electron chi connectivity index (χ0n) is 19.8. The lowest BCUT2D eigenvalue weighted by atomic mass is 10.0. The molecule has 2 amide bonds. The van der Waals surface area contributed by atoms with Crippen LogP contribution < -0.4 is 15.5 Å². The number of nitrogens with zero attached hydrogens (tertiary/aromatic N) is 2. The maximum absolute atomic E-state index is 13.0. The fraction of sp³-hybridized carbons (Fsp3) is 0.680. The molecule has 2 N–H and O–H groups in total. The molecule has 1 aromatic carbocycles. The molecule has 1 aromatic rings. The number of ether oxygens (including phenoxy) is 1. The molecule has 7 nitrogen and oxygen atoms in total. The van der Waals surface area contributed by atoms with Gasteiger partial charge in [-0.3, -0.25) is 14.5 Å². The maximum atomic E-state index is 13.0. The van der Waals surface area contributed by atoms with Gasteiger partial charge in [0.2, 0.25) is 5.91 Å².